The molecule has 0 radical (unpaired) electrons. The number of hydrogen-bond donors (Lipinski definition) is 1. The largest absolute Gasteiger partial charge is 0.317 e. The standard InChI is InChI=1S/C13H20N2/c1-10-7-11(9-15-8-10)3-6-13(14-2)12-4-5-12/h7-9,12-14H,3-6H2,1-2H3. The first-order valence-corrected chi connectivity index (χ1v) is 5.87. The highest BCUT2D eigenvalue weighted by Crippen LogP contribution is 2.34. The summed E-state index contributed by atoms with van der Waals surface area (Å²) < 4.78 is 0. The van der Waals surface area contributed by atoms with E-state index in [0.29, 0.717) is 6.04 Å². The minimum Gasteiger partial charge on any atom is -0.317 e. The number of pyridine rings is 1. The van der Waals surface area contributed by atoms with Crippen LogP contribution in [0.5, 0.6) is 0 Å². The van der Waals surface area contributed by atoms with Crippen molar-refractivity contribution in [2.75, 3.05) is 7.05 Å². The molecule has 15 heavy (non-hydrogen) atoms. The van der Waals surface area contributed by atoms with Crippen LogP contribution in [0.2, 0.25) is 0 Å². The molecule has 2 rings (SSSR count). The molecule has 1 aromatic rings. The second-order valence-electron chi connectivity index (χ2n) is 4.64. The maximum absolute atomic E-state index is 4.23. The Labute approximate surface area is 92.1 Å². The molecule has 1 aliphatic rings. The molecule has 0 bridgehead atoms. The SMILES string of the molecule is CNC(CCc1cncc(C)c1)C1CC1. The topological polar surface area (TPSA) is 24.9 Å². The van der Waals surface area contributed by atoms with Crippen LogP contribution < -0.4 is 5.32 Å². The molecule has 1 atom stereocenters. The molecule has 0 saturated heterocycles. The van der Waals surface area contributed by atoms with Crippen LogP contribution in [0.25, 0.3) is 0 Å². The Morgan fingerprint density at radius 3 is 2.87 bits per heavy atom. The van der Waals surface area contributed by atoms with Gasteiger partial charge in [-0.2, -0.15) is 0 Å². The van der Waals surface area contributed by atoms with Crippen molar-refractivity contribution in [1.82, 2.24) is 10.3 Å². The lowest BCUT2D eigenvalue weighted by atomic mass is 10.0. The third kappa shape index (κ3) is 3.03. The summed E-state index contributed by atoms with van der Waals surface area (Å²) in [5.74, 6) is 0.938. The maximum atomic E-state index is 4.23. The third-order valence-electron chi connectivity index (χ3n) is 3.24. The average molecular weight is 204 g/mol. The molecule has 0 aliphatic heterocycles. The van der Waals surface area contributed by atoms with Crippen molar-refractivity contribution in [1.29, 1.82) is 0 Å². The predicted octanol–water partition coefficient (Wildman–Crippen LogP) is 2.32. The van der Waals surface area contributed by atoms with Crippen molar-refractivity contribution in [2.24, 2.45) is 5.92 Å². The molecule has 1 fully saturated rings. The highest BCUT2D eigenvalue weighted by Gasteiger charge is 2.29. The third-order valence-corrected chi connectivity index (χ3v) is 3.24. The molecule has 2 heteroatoms. The zero-order valence-corrected chi connectivity index (χ0v) is 9.66. The molecular formula is C13H20N2. The molecule has 1 N–H and O–H groups in total. The van der Waals surface area contributed by atoms with Gasteiger partial charge in [-0.1, -0.05) is 6.07 Å². The first kappa shape index (κ1) is 10.6. The Morgan fingerprint density at radius 2 is 2.27 bits per heavy atom. The average Bonchev–Trinajstić information content (AvgIpc) is 3.03. The van der Waals surface area contributed by atoms with Crippen LogP contribution in [0.4, 0.5) is 0 Å². The van der Waals surface area contributed by atoms with Crippen LogP contribution in [0.1, 0.15) is 30.4 Å². The van der Waals surface area contributed by atoms with Gasteiger partial charge in [-0.15, -0.1) is 0 Å². The monoisotopic (exact) mass is 204 g/mol. The zero-order chi connectivity index (χ0) is 10.7. The summed E-state index contributed by atoms with van der Waals surface area (Å²) in [4.78, 5) is 4.23. The molecule has 1 aliphatic carbocycles. The Hall–Kier alpha value is -0.890. The van der Waals surface area contributed by atoms with Gasteiger partial charge in [-0.05, 0) is 56.7 Å². The van der Waals surface area contributed by atoms with Crippen LogP contribution >= 0.6 is 0 Å². The molecule has 0 aromatic carbocycles. The number of hydrogen-bond acceptors (Lipinski definition) is 2. The molecular weight excluding hydrogens is 184 g/mol. The van der Waals surface area contributed by atoms with E-state index in [4.69, 9.17) is 0 Å². The van der Waals surface area contributed by atoms with Crippen LogP contribution in [-0.2, 0) is 6.42 Å². The number of nitrogens with zero attached hydrogens (tertiary/aromatic N) is 1. The van der Waals surface area contributed by atoms with E-state index in [-0.39, 0.29) is 0 Å². The van der Waals surface area contributed by atoms with Crippen LogP contribution in [0, 0.1) is 12.8 Å². The summed E-state index contributed by atoms with van der Waals surface area (Å²) in [6.45, 7) is 2.10. The second kappa shape index (κ2) is 4.75. The van der Waals surface area contributed by atoms with Crippen molar-refractivity contribution in [3.8, 4) is 0 Å². The Kier molecular flexibility index (Phi) is 3.37. The lowest BCUT2D eigenvalue weighted by Crippen LogP contribution is -2.27. The zero-order valence-electron chi connectivity index (χ0n) is 9.66. The molecule has 1 aromatic heterocycles. The van der Waals surface area contributed by atoms with E-state index in [0.717, 1.165) is 12.3 Å². The van der Waals surface area contributed by atoms with E-state index in [9.17, 15) is 0 Å². The van der Waals surface area contributed by atoms with Gasteiger partial charge < -0.3 is 5.32 Å². The number of aromatic nitrogens is 1. The van der Waals surface area contributed by atoms with Gasteiger partial charge in [-0.3, -0.25) is 4.98 Å². The highest BCUT2D eigenvalue weighted by atomic mass is 14.9. The number of nitrogens with one attached hydrogen (secondary N) is 1. The van der Waals surface area contributed by atoms with Crippen molar-refractivity contribution >= 4 is 0 Å². The summed E-state index contributed by atoms with van der Waals surface area (Å²) in [5, 5.41) is 3.43. The number of rotatable bonds is 5. The lowest BCUT2D eigenvalue weighted by molar-refractivity contribution is 0.470. The Balaban J connectivity index is 1.86. The molecule has 1 heterocycles. The van der Waals surface area contributed by atoms with Gasteiger partial charge in [0.2, 0.25) is 0 Å². The molecule has 2 nitrogen and oxygen atoms in total. The van der Waals surface area contributed by atoms with E-state index in [2.05, 4.69) is 30.3 Å². The molecule has 82 valence electrons. The lowest BCUT2D eigenvalue weighted by Gasteiger charge is -2.14. The van der Waals surface area contributed by atoms with Gasteiger partial charge in [0, 0.05) is 18.4 Å². The van der Waals surface area contributed by atoms with Crippen LogP contribution in [-0.4, -0.2) is 18.1 Å². The highest BCUT2D eigenvalue weighted by molar-refractivity contribution is 5.16. The summed E-state index contributed by atoms with van der Waals surface area (Å²) in [6.07, 6.45) is 9.13. The van der Waals surface area contributed by atoms with Gasteiger partial charge in [0.15, 0.2) is 0 Å². The normalized spacial score (nSPS) is 17.7. The summed E-state index contributed by atoms with van der Waals surface area (Å²) >= 11 is 0. The van der Waals surface area contributed by atoms with Crippen LogP contribution in [0.3, 0.4) is 0 Å². The van der Waals surface area contributed by atoms with Crippen molar-refractivity contribution < 1.29 is 0 Å². The van der Waals surface area contributed by atoms with Gasteiger partial charge in [0.1, 0.15) is 0 Å². The van der Waals surface area contributed by atoms with Gasteiger partial charge in [-0.25, -0.2) is 0 Å². The fourth-order valence-corrected chi connectivity index (χ4v) is 2.19. The van der Waals surface area contributed by atoms with E-state index in [1.165, 1.54) is 30.4 Å². The quantitative estimate of drug-likeness (QED) is 0.796. The van der Waals surface area contributed by atoms with Crippen molar-refractivity contribution in [3.63, 3.8) is 0 Å². The van der Waals surface area contributed by atoms with E-state index in [1.54, 1.807) is 0 Å². The first-order valence-electron chi connectivity index (χ1n) is 5.87. The van der Waals surface area contributed by atoms with Gasteiger partial charge in [0.25, 0.3) is 0 Å². The van der Waals surface area contributed by atoms with Crippen molar-refractivity contribution in [2.45, 2.75) is 38.6 Å². The molecule has 1 unspecified atom stereocenters. The summed E-state index contributed by atoms with van der Waals surface area (Å²) in [6, 6.07) is 2.96. The molecule has 1 saturated carbocycles. The van der Waals surface area contributed by atoms with Gasteiger partial charge in [0.05, 0.1) is 0 Å². The van der Waals surface area contributed by atoms with Crippen LogP contribution in [0.15, 0.2) is 18.5 Å². The Bertz CT molecular complexity index is 318. The van der Waals surface area contributed by atoms with Gasteiger partial charge >= 0.3 is 0 Å². The van der Waals surface area contributed by atoms with Crippen molar-refractivity contribution in [3.05, 3.63) is 29.6 Å². The minimum absolute atomic E-state index is 0.713. The smallest absolute Gasteiger partial charge is 0.0300 e. The second-order valence-corrected chi connectivity index (χ2v) is 4.64. The number of aryl methyl sites for hydroxylation is 2. The summed E-state index contributed by atoms with van der Waals surface area (Å²) in [5.41, 5.74) is 2.64. The van der Waals surface area contributed by atoms with E-state index < -0.39 is 0 Å². The molecule has 0 spiro atoms. The maximum Gasteiger partial charge on any atom is 0.0300 e. The van der Waals surface area contributed by atoms with E-state index in [1.807, 2.05) is 12.4 Å². The fourth-order valence-electron chi connectivity index (χ4n) is 2.19. The fraction of sp³-hybridized carbons (Fsp3) is 0.615. The predicted molar refractivity (Wildman–Crippen MR) is 62.9 cm³/mol. The summed E-state index contributed by atoms with van der Waals surface area (Å²) in [7, 11) is 2.08. The minimum atomic E-state index is 0.713. The first-order chi connectivity index (χ1) is 7.29. The van der Waals surface area contributed by atoms with E-state index >= 15 is 0 Å². The Morgan fingerprint density at radius 1 is 1.47 bits per heavy atom. The molecule has 0 amide bonds.